The maximum atomic E-state index is 13.3. The minimum atomic E-state index is -0.880. The number of alkyl carbamates (subject to hydrolysis) is 1. The lowest BCUT2D eigenvalue weighted by Crippen LogP contribution is -2.42. The molecule has 1 atom stereocenters. The first kappa shape index (κ1) is 30.3. The average Bonchev–Trinajstić information content (AvgIpc) is 3.29. The zero-order valence-electron chi connectivity index (χ0n) is 24.0. The number of aromatic amines is 1. The number of hydrogen-bond acceptors (Lipinski definition) is 7. The van der Waals surface area contributed by atoms with Crippen molar-refractivity contribution >= 4 is 28.8 Å². The van der Waals surface area contributed by atoms with Gasteiger partial charge >= 0.3 is 6.09 Å². The second-order valence-electron chi connectivity index (χ2n) is 10.4. The van der Waals surface area contributed by atoms with E-state index < -0.39 is 12.1 Å². The van der Waals surface area contributed by atoms with E-state index in [-0.39, 0.29) is 36.6 Å². The number of allylic oxidation sites excluding steroid dienone is 1. The van der Waals surface area contributed by atoms with E-state index in [1.54, 1.807) is 38.5 Å². The summed E-state index contributed by atoms with van der Waals surface area (Å²) in [6.07, 6.45) is 5.26. The third-order valence-electron chi connectivity index (χ3n) is 6.32. The molecule has 0 aromatic carbocycles. The number of aryl methyl sites for hydroxylation is 1. The molecule has 0 unspecified atom stereocenters. The van der Waals surface area contributed by atoms with Crippen LogP contribution in [0.25, 0.3) is 11.0 Å². The predicted molar refractivity (Wildman–Crippen MR) is 152 cm³/mol. The first-order chi connectivity index (χ1) is 19.0. The van der Waals surface area contributed by atoms with Crippen molar-refractivity contribution in [2.75, 3.05) is 21.2 Å². The molecule has 11 nitrogen and oxygen atoms in total. The van der Waals surface area contributed by atoms with Gasteiger partial charge in [-0.05, 0) is 50.3 Å². The Hall–Kier alpha value is -4.28. The van der Waals surface area contributed by atoms with E-state index in [1.807, 2.05) is 13.0 Å². The van der Waals surface area contributed by atoms with Crippen molar-refractivity contribution in [2.24, 2.45) is 5.92 Å². The van der Waals surface area contributed by atoms with Gasteiger partial charge in [-0.1, -0.05) is 26.0 Å². The Labute approximate surface area is 233 Å². The van der Waals surface area contributed by atoms with Crippen LogP contribution in [0.4, 0.5) is 4.79 Å². The molecule has 3 heterocycles. The van der Waals surface area contributed by atoms with Gasteiger partial charge in [0.2, 0.25) is 5.91 Å². The number of hydrogen-bond donors (Lipinski definition) is 2. The SMILES string of the molecule is COC(=O)N[C@@H](CC/C=C/C(=O)N(C)C)C(=O)Cc1cccn(Cc2cc3nc(C)nc(CC(C)C)c3[nH]2)c1=O. The van der Waals surface area contributed by atoms with Gasteiger partial charge in [0.05, 0.1) is 36.4 Å². The molecule has 11 heteroatoms. The van der Waals surface area contributed by atoms with Crippen molar-refractivity contribution in [3.8, 4) is 0 Å². The van der Waals surface area contributed by atoms with Gasteiger partial charge in [0.1, 0.15) is 5.82 Å². The van der Waals surface area contributed by atoms with Crippen LogP contribution in [0.2, 0.25) is 0 Å². The molecular formula is C29H38N6O5. The van der Waals surface area contributed by atoms with E-state index >= 15 is 0 Å². The minimum Gasteiger partial charge on any atom is -0.453 e. The number of H-pyrrole nitrogens is 1. The maximum Gasteiger partial charge on any atom is 0.407 e. The van der Waals surface area contributed by atoms with Crippen LogP contribution < -0.4 is 10.9 Å². The molecule has 2 amide bonds. The van der Waals surface area contributed by atoms with Crippen molar-refractivity contribution in [3.63, 3.8) is 0 Å². The van der Waals surface area contributed by atoms with E-state index in [0.717, 1.165) is 28.8 Å². The number of nitrogens with zero attached hydrogens (tertiary/aromatic N) is 4. The number of carbonyl (C=O) groups excluding carboxylic acids is 3. The van der Waals surface area contributed by atoms with Gasteiger partial charge in [-0.3, -0.25) is 14.4 Å². The van der Waals surface area contributed by atoms with E-state index in [2.05, 4.69) is 38.9 Å². The number of methoxy groups -OCH3 is 1. The van der Waals surface area contributed by atoms with Gasteiger partial charge in [0.15, 0.2) is 5.78 Å². The Balaban J connectivity index is 1.78. The molecule has 0 spiro atoms. The van der Waals surface area contributed by atoms with Crippen LogP contribution in [0.5, 0.6) is 0 Å². The highest BCUT2D eigenvalue weighted by molar-refractivity contribution is 5.89. The van der Waals surface area contributed by atoms with E-state index in [4.69, 9.17) is 0 Å². The highest BCUT2D eigenvalue weighted by Crippen LogP contribution is 2.20. The number of ketones is 1. The minimum absolute atomic E-state index is 0.162. The fourth-order valence-corrected chi connectivity index (χ4v) is 4.33. The second-order valence-corrected chi connectivity index (χ2v) is 10.4. The Morgan fingerprint density at radius 1 is 1.23 bits per heavy atom. The number of carbonyl (C=O) groups is 3. The van der Waals surface area contributed by atoms with Crippen molar-refractivity contribution in [1.82, 2.24) is 29.7 Å². The van der Waals surface area contributed by atoms with Crippen LogP contribution in [-0.2, 0) is 33.7 Å². The lowest BCUT2D eigenvalue weighted by molar-refractivity contribution is -0.123. The molecule has 0 fully saturated rings. The predicted octanol–water partition coefficient (Wildman–Crippen LogP) is 2.94. The summed E-state index contributed by atoms with van der Waals surface area (Å²) in [5.74, 6) is 0.612. The summed E-state index contributed by atoms with van der Waals surface area (Å²) in [6.45, 7) is 6.40. The molecule has 0 bridgehead atoms. The molecule has 0 aliphatic heterocycles. The number of Topliss-reactive ketones (excluding diaryl/α,β-unsaturated/α-hetero) is 1. The molecule has 214 valence electrons. The zero-order chi connectivity index (χ0) is 29.4. The maximum absolute atomic E-state index is 13.3. The highest BCUT2D eigenvalue weighted by Gasteiger charge is 2.22. The number of aromatic nitrogens is 4. The number of nitrogens with one attached hydrogen (secondary N) is 2. The Morgan fingerprint density at radius 2 is 1.98 bits per heavy atom. The standard InChI is InChI=1S/C29H38N6O5/c1-18(2)14-23-27-24(31-19(3)30-23)16-21(32-27)17-35-13-9-10-20(28(35)38)15-25(36)22(33-29(39)40-6)11-7-8-12-26(37)34(4)5/h8-10,12-13,16,18,22,32H,7,11,14-15,17H2,1-6H3,(H,33,39)/b12-8+/t22-/m0/s1. The van der Waals surface area contributed by atoms with Gasteiger partial charge < -0.3 is 24.5 Å². The Morgan fingerprint density at radius 3 is 2.65 bits per heavy atom. The van der Waals surface area contributed by atoms with Crippen molar-refractivity contribution in [3.05, 3.63) is 69.7 Å². The summed E-state index contributed by atoms with van der Waals surface area (Å²) in [7, 11) is 4.49. The van der Waals surface area contributed by atoms with E-state index in [1.165, 1.54) is 22.7 Å². The summed E-state index contributed by atoms with van der Waals surface area (Å²) in [6, 6.07) is 4.37. The molecular weight excluding hydrogens is 512 g/mol. The summed E-state index contributed by atoms with van der Waals surface area (Å²) in [5, 5.41) is 2.54. The fourth-order valence-electron chi connectivity index (χ4n) is 4.33. The first-order valence-electron chi connectivity index (χ1n) is 13.3. The molecule has 3 rings (SSSR count). The molecule has 3 aromatic rings. The summed E-state index contributed by atoms with van der Waals surface area (Å²) in [5.41, 5.74) is 3.43. The fraction of sp³-hybridized carbons (Fsp3) is 0.448. The van der Waals surface area contributed by atoms with Crippen LogP contribution in [0.3, 0.4) is 0 Å². The smallest absolute Gasteiger partial charge is 0.407 e. The van der Waals surface area contributed by atoms with Gasteiger partial charge in [0, 0.05) is 38.0 Å². The van der Waals surface area contributed by atoms with Crippen LogP contribution in [0.1, 0.15) is 49.5 Å². The monoisotopic (exact) mass is 550 g/mol. The lowest BCUT2D eigenvalue weighted by atomic mass is 10.0. The summed E-state index contributed by atoms with van der Waals surface area (Å²) < 4.78 is 6.20. The summed E-state index contributed by atoms with van der Waals surface area (Å²) >= 11 is 0. The number of likely N-dealkylation sites (N-methyl/N-ethyl adjacent to an activating group) is 1. The quantitative estimate of drug-likeness (QED) is 0.331. The largest absolute Gasteiger partial charge is 0.453 e. The molecule has 3 aromatic heterocycles. The highest BCUT2D eigenvalue weighted by atomic mass is 16.5. The topological polar surface area (TPSA) is 139 Å². The van der Waals surface area contributed by atoms with Crippen LogP contribution in [0, 0.1) is 12.8 Å². The Kier molecular flexibility index (Phi) is 10.4. The molecule has 0 saturated heterocycles. The van der Waals surface area contributed by atoms with E-state index in [0.29, 0.717) is 23.7 Å². The van der Waals surface area contributed by atoms with Crippen LogP contribution >= 0.6 is 0 Å². The number of fused-ring (bicyclic) bond motifs is 1. The number of rotatable bonds is 12. The molecule has 0 radical (unpaired) electrons. The third-order valence-corrected chi connectivity index (χ3v) is 6.32. The van der Waals surface area contributed by atoms with Crippen molar-refractivity contribution < 1.29 is 19.1 Å². The summed E-state index contributed by atoms with van der Waals surface area (Å²) in [4.78, 5) is 64.0. The molecule has 2 N–H and O–H groups in total. The number of amides is 2. The van der Waals surface area contributed by atoms with Crippen molar-refractivity contribution in [2.45, 2.75) is 59.0 Å². The number of pyridine rings is 1. The second kappa shape index (κ2) is 13.7. The molecule has 0 saturated carbocycles. The van der Waals surface area contributed by atoms with Gasteiger partial charge in [0.25, 0.3) is 5.56 Å². The normalized spacial score (nSPS) is 12.2. The van der Waals surface area contributed by atoms with Gasteiger partial charge in [-0.25, -0.2) is 14.8 Å². The molecule has 0 aliphatic carbocycles. The van der Waals surface area contributed by atoms with Crippen molar-refractivity contribution in [1.29, 1.82) is 0 Å². The third kappa shape index (κ3) is 8.11. The Bertz CT molecular complexity index is 1450. The average molecular weight is 551 g/mol. The van der Waals surface area contributed by atoms with Crippen LogP contribution in [-0.4, -0.2) is 69.4 Å². The van der Waals surface area contributed by atoms with Gasteiger partial charge in [-0.15, -0.1) is 0 Å². The van der Waals surface area contributed by atoms with Gasteiger partial charge in [-0.2, -0.15) is 0 Å². The zero-order valence-corrected chi connectivity index (χ0v) is 24.0. The molecule has 0 aliphatic rings. The number of ether oxygens (including phenoxy) is 1. The molecule has 40 heavy (non-hydrogen) atoms. The van der Waals surface area contributed by atoms with E-state index in [9.17, 15) is 19.2 Å². The lowest BCUT2D eigenvalue weighted by Gasteiger charge is -2.16. The van der Waals surface area contributed by atoms with Crippen LogP contribution in [0.15, 0.2) is 41.3 Å². The first-order valence-corrected chi connectivity index (χ1v) is 13.3.